The lowest BCUT2D eigenvalue weighted by atomic mass is 9.90. The molecule has 5 heteroatoms. The molecular weight excluding hydrogens is 380 g/mol. The molecule has 5 nitrogen and oxygen atoms in total. The van der Waals surface area contributed by atoms with Gasteiger partial charge in [-0.3, -0.25) is 9.59 Å². The van der Waals surface area contributed by atoms with Crippen LogP contribution < -0.4 is 0 Å². The highest BCUT2D eigenvalue weighted by atomic mass is 16.5. The molecule has 1 aliphatic rings. The van der Waals surface area contributed by atoms with E-state index in [1.165, 1.54) is 5.56 Å². The van der Waals surface area contributed by atoms with E-state index in [9.17, 15) is 9.59 Å². The van der Waals surface area contributed by atoms with Crippen LogP contribution >= 0.6 is 0 Å². The Morgan fingerprint density at radius 2 is 2.00 bits per heavy atom. The molecule has 0 radical (unpaired) electrons. The molecule has 0 bridgehead atoms. The molecule has 1 aromatic rings. The van der Waals surface area contributed by atoms with Gasteiger partial charge >= 0.3 is 5.97 Å². The Morgan fingerprint density at radius 1 is 1.23 bits per heavy atom. The number of carboxylic acids is 1. The Morgan fingerprint density at radius 3 is 2.67 bits per heavy atom. The van der Waals surface area contributed by atoms with Crippen molar-refractivity contribution in [2.45, 2.75) is 57.2 Å². The molecule has 2 rings (SSSR count). The van der Waals surface area contributed by atoms with Crippen LogP contribution in [0.5, 0.6) is 0 Å². The van der Waals surface area contributed by atoms with E-state index in [-0.39, 0.29) is 36.2 Å². The van der Waals surface area contributed by atoms with Crippen LogP contribution in [0.4, 0.5) is 0 Å². The first-order chi connectivity index (χ1) is 14.5. The fourth-order valence-electron chi connectivity index (χ4n) is 3.98. The van der Waals surface area contributed by atoms with Crippen molar-refractivity contribution in [3.8, 4) is 0 Å². The molecule has 0 spiro atoms. The minimum Gasteiger partial charge on any atom is -0.481 e. The number of hydrogen-bond acceptors (Lipinski definition) is 4. The molecule has 1 aliphatic carbocycles. The summed E-state index contributed by atoms with van der Waals surface area (Å²) in [5.41, 5.74) is 1.28. The van der Waals surface area contributed by atoms with Gasteiger partial charge in [-0.05, 0) is 37.7 Å². The van der Waals surface area contributed by atoms with Gasteiger partial charge in [-0.15, -0.1) is 0 Å². The van der Waals surface area contributed by atoms with Gasteiger partial charge in [-0.25, -0.2) is 0 Å². The number of ether oxygens (including phenoxy) is 2. The van der Waals surface area contributed by atoms with Crippen molar-refractivity contribution in [2.24, 2.45) is 11.8 Å². The van der Waals surface area contributed by atoms with Crippen molar-refractivity contribution in [2.75, 3.05) is 14.2 Å². The average Bonchev–Trinajstić information content (AvgIpc) is 3.05. The molecule has 30 heavy (non-hydrogen) atoms. The summed E-state index contributed by atoms with van der Waals surface area (Å²) < 4.78 is 11.2. The molecule has 0 aliphatic heterocycles. The number of hydrogen-bond donors (Lipinski definition) is 1. The molecule has 164 valence electrons. The Kier molecular flexibility index (Phi) is 10.5. The number of benzene rings is 1. The van der Waals surface area contributed by atoms with Gasteiger partial charge in [0.05, 0.1) is 12.2 Å². The lowest BCUT2D eigenvalue weighted by Gasteiger charge is -2.20. The molecule has 0 aromatic heterocycles. The van der Waals surface area contributed by atoms with E-state index in [1.54, 1.807) is 14.2 Å². The third-order valence-corrected chi connectivity index (χ3v) is 5.74. The number of methoxy groups -OCH3 is 2. The van der Waals surface area contributed by atoms with Crippen molar-refractivity contribution in [1.29, 1.82) is 0 Å². The number of allylic oxidation sites excluding steroid dienone is 2. The zero-order chi connectivity index (χ0) is 21.8. The summed E-state index contributed by atoms with van der Waals surface area (Å²) in [6.07, 6.45) is 12.4. The highest BCUT2D eigenvalue weighted by Gasteiger charge is 2.40. The van der Waals surface area contributed by atoms with Crippen LogP contribution in [0.25, 0.3) is 0 Å². The summed E-state index contributed by atoms with van der Waals surface area (Å²) in [4.78, 5) is 23.1. The van der Waals surface area contributed by atoms with Gasteiger partial charge in [0.15, 0.2) is 0 Å². The van der Waals surface area contributed by atoms with Gasteiger partial charge in [0.1, 0.15) is 5.78 Å². The van der Waals surface area contributed by atoms with E-state index >= 15 is 0 Å². The fraction of sp³-hybridized carbons (Fsp3) is 0.520. The van der Waals surface area contributed by atoms with E-state index in [0.717, 1.165) is 12.8 Å². The normalized spacial score (nSPS) is 22.9. The van der Waals surface area contributed by atoms with Crippen LogP contribution in [0.2, 0.25) is 0 Å². The highest BCUT2D eigenvalue weighted by molar-refractivity contribution is 5.84. The zero-order valence-electron chi connectivity index (χ0n) is 18.0. The molecule has 2 unspecified atom stereocenters. The maximum atomic E-state index is 12.5. The van der Waals surface area contributed by atoms with E-state index in [4.69, 9.17) is 14.6 Å². The van der Waals surface area contributed by atoms with Gasteiger partial charge < -0.3 is 14.6 Å². The number of unbranched alkanes of at least 4 members (excludes halogenated alkanes) is 1. The van der Waals surface area contributed by atoms with Gasteiger partial charge in [0.25, 0.3) is 0 Å². The number of aryl methyl sites for hydroxylation is 1. The molecule has 1 saturated carbocycles. The van der Waals surface area contributed by atoms with Crippen LogP contribution in [-0.2, 0) is 25.5 Å². The number of rotatable bonds is 13. The Balaban J connectivity index is 1.93. The number of carboxylic acid groups (broad SMARTS) is 1. The van der Waals surface area contributed by atoms with Crippen LogP contribution in [0.15, 0.2) is 54.6 Å². The predicted molar refractivity (Wildman–Crippen MR) is 117 cm³/mol. The minimum atomic E-state index is -0.775. The summed E-state index contributed by atoms with van der Waals surface area (Å²) in [5, 5.41) is 8.69. The van der Waals surface area contributed by atoms with E-state index in [1.807, 2.05) is 30.4 Å². The standard InChI is InChI=1S/C25H34O5/c1-29-20(15-14-19-10-6-5-7-11-19)16-17-22-21(23(26)18-24(22)30-2)12-8-3-4-9-13-25(27)28/h3,5-8,10-11,16-17,20-22,24H,4,9,12-15,18H2,1-2H3,(H,27,28)/b8-3-,17-16+/t20?,21-,22-,24?/m1/s1. The highest BCUT2D eigenvalue weighted by Crippen LogP contribution is 2.35. The number of carbonyl (C=O) groups excluding carboxylic acids is 1. The third kappa shape index (κ3) is 7.88. The quantitative estimate of drug-likeness (QED) is 0.377. The molecule has 1 aromatic carbocycles. The summed E-state index contributed by atoms with van der Waals surface area (Å²) >= 11 is 0. The van der Waals surface area contributed by atoms with Gasteiger partial charge in [-0.2, -0.15) is 0 Å². The first-order valence-electron chi connectivity index (χ1n) is 10.7. The van der Waals surface area contributed by atoms with Crippen LogP contribution in [0.1, 0.15) is 44.1 Å². The molecule has 4 atom stereocenters. The summed E-state index contributed by atoms with van der Waals surface area (Å²) in [6.45, 7) is 0. The molecule has 0 heterocycles. The number of carbonyl (C=O) groups is 2. The van der Waals surface area contributed by atoms with Crippen LogP contribution in [0.3, 0.4) is 0 Å². The second-order valence-electron chi connectivity index (χ2n) is 7.80. The Labute approximate surface area is 179 Å². The van der Waals surface area contributed by atoms with Crippen molar-refractivity contribution >= 4 is 11.8 Å². The lowest BCUT2D eigenvalue weighted by Crippen LogP contribution is -2.21. The fourth-order valence-corrected chi connectivity index (χ4v) is 3.98. The molecular formula is C25H34O5. The third-order valence-electron chi connectivity index (χ3n) is 5.74. The maximum absolute atomic E-state index is 12.5. The van der Waals surface area contributed by atoms with Crippen molar-refractivity contribution in [3.63, 3.8) is 0 Å². The van der Waals surface area contributed by atoms with E-state index < -0.39 is 5.97 Å². The van der Waals surface area contributed by atoms with Gasteiger partial charge in [0.2, 0.25) is 0 Å². The Bertz CT molecular complexity index is 710. The van der Waals surface area contributed by atoms with Crippen molar-refractivity contribution < 1.29 is 24.2 Å². The topological polar surface area (TPSA) is 72.8 Å². The monoisotopic (exact) mass is 414 g/mol. The van der Waals surface area contributed by atoms with Crippen LogP contribution in [-0.4, -0.2) is 43.3 Å². The summed E-state index contributed by atoms with van der Waals surface area (Å²) in [5.74, 6) is -0.624. The van der Waals surface area contributed by atoms with E-state index in [2.05, 4.69) is 24.3 Å². The van der Waals surface area contributed by atoms with Crippen LogP contribution in [0, 0.1) is 11.8 Å². The first kappa shape index (κ1) is 24.0. The largest absolute Gasteiger partial charge is 0.481 e. The zero-order valence-corrected chi connectivity index (χ0v) is 18.0. The Hall–Kier alpha value is -2.24. The second-order valence-corrected chi connectivity index (χ2v) is 7.80. The first-order valence-corrected chi connectivity index (χ1v) is 10.7. The minimum absolute atomic E-state index is 0.00868. The smallest absolute Gasteiger partial charge is 0.303 e. The number of aliphatic carboxylic acids is 1. The molecule has 0 saturated heterocycles. The number of ketones is 1. The average molecular weight is 415 g/mol. The SMILES string of the molecule is COC(/C=C/[C@H]1C(OC)CC(=O)[C@@H]1C/C=C\CCCC(=O)O)CCc1ccccc1. The summed E-state index contributed by atoms with van der Waals surface area (Å²) in [6, 6.07) is 10.3. The van der Waals surface area contributed by atoms with Crippen molar-refractivity contribution in [3.05, 3.63) is 60.2 Å². The van der Waals surface area contributed by atoms with Gasteiger partial charge in [-0.1, -0.05) is 54.6 Å². The predicted octanol–water partition coefficient (Wildman–Crippen LogP) is 4.61. The molecule has 0 amide bonds. The molecule has 1 fully saturated rings. The number of Topliss-reactive ketones (excluding diaryl/α,β-unsaturated/α-hetero) is 1. The summed E-state index contributed by atoms with van der Waals surface area (Å²) in [7, 11) is 3.37. The lowest BCUT2D eigenvalue weighted by molar-refractivity contribution is -0.137. The molecule has 1 N–H and O–H groups in total. The van der Waals surface area contributed by atoms with E-state index in [0.29, 0.717) is 25.7 Å². The maximum Gasteiger partial charge on any atom is 0.303 e. The van der Waals surface area contributed by atoms with Gasteiger partial charge in [0, 0.05) is 38.9 Å². The van der Waals surface area contributed by atoms with Crippen molar-refractivity contribution in [1.82, 2.24) is 0 Å². The second kappa shape index (κ2) is 13.1.